The van der Waals surface area contributed by atoms with E-state index in [2.05, 4.69) is 10.0 Å². The Morgan fingerprint density at radius 2 is 1.44 bits per heavy atom. The van der Waals surface area contributed by atoms with E-state index in [9.17, 15) is 13.2 Å². The van der Waals surface area contributed by atoms with Gasteiger partial charge in [0.05, 0.1) is 27.9 Å². The monoisotopic (exact) mass is 486 g/mol. The van der Waals surface area contributed by atoms with Gasteiger partial charge in [0.2, 0.25) is 0 Å². The highest BCUT2D eigenvalue weighted by atomic mass is 32.2. The molecule has 0 aliphatic carbocycles. The van der Waals surface area contributed by atoms with E-state index in [1.54, 1.807) is 48.5 Å². The fourth-order valence-electron chi connectivity index (χ4n) is 3.12. The van der Waals surface area contributed by atoms with Crippen molar-refractivity contribution in [2.24, 2.45) is 0 Å². The van der Waals surface area contributed by atoms with Gasteiger partial charge in [0.25, 0.3) is 15.9 Å². The van der Waals surface area contributed by atoms with Crippen molar-refractivity contribution in [1.29, 1.82) is 0 Å². The molecule has 0 saturated heterocycles. The van der Waals surface area contributed by atoms with Crippen molar-refractivity contribution >= 4 is 27.3 Å². The van der Waals surface area contributed by atoms with Gasteiger partial charge in [-0.3, -0.25) is 9.52 Å². The van der Waals surface area contributed by atoms with E-state index in [1.807, 2.05) is 6.92 Å². The molecule has 1 amide bonds. The molecule has 0 radical (unpaired) electrons. The molecule has 3 rings (SSSR count). The highest BCUT2D eigenvalue weighted by Gasteiger charge is 2.21. The molecule has 0 unspecified atom stereocenters. The lowest BCUT2D eigenvalue weighted by Gasteiger charge is -2.14. The molecule has 0 heterocycles. The summed E-state index contributed by atoms with van der Waals surface area (Å²) >= 11 is 0. The van der Waals surface area contributed by atoms with E-state index in [-0.39, 0.29) is 16.3 Å². The van der Waals surface area contributed by atoms with Crippen molar-refractivity contribution < 1.29 is 32.2 Å². The molecule has 3 aromatic rings. The second-order valence-corrected chi connectivity index (χ2v) is 8.60. The number of hydrogen-bond acceptors (Lipinski definition) is 7. The topological polar surface area (TPSA) is 112 Å². The van der Waals surface area contributed by atoms with E-state index >= 15 is 0 Å². The van der Waals surface area contributed by atoms with Crippen molar-refractivity contribution in [3.05, 3.63) is 66.2 Å². The van der Waals surface area contributed by atoms with Crippen LogP contribution >= 0.6 is 0 Å². The number of methoxy groups -OCH3 is 3. The largest absolute Gasteiger partial charge is 0.497 e. The van der Waals surface area contributed by atoms with Crippen LogP contribution in [0.4, 0.5) is 11.4 Å². The zero-order valence-corrected chi connectivity index (χ0v) is 20.1. The normalized spacial score (nSPS) is 10.8. The van der Waals surface area contributed by atoms with Gasteiger partial charge in [-0.25, -0.2) is 8.42 Å². The molecule has 0 atom stereocenters. The zero-order valence-electron chi connectivity index (χ0n) is 19.2. The second-order valence-electron chi connectivity index (χ2n) is 6.95. The number of carbonyl (C=O) groups is 1. The second kappa shape index (κ2) is 10.8. The maximum atomic E-state index is 13.1. The summed E-state index contributed by atoms with van der Waals surface area (Å²) in [5.41, 5.74) is 0.935. The molecule has 0 saturated carbocycles. The molecule has 9 nitrogen and oxygen atoms in total. The number of benzene rings is 3. The third kappa shape index (κ3) is 5.70. The summed E-state index contributed by atoms with van der Waals surface area (Å²) in [7, 11) is 0.346. The van der Waals surface area contributed by atoms with Crippen molar-refractivity contribution in [3.63, 3.8) is 0 Å². The Morgan fingerprint density at radius 1 is 0.794 bits per heavy atom. The Labute approximate surface area is 198 Å². The third-order valence-electron chi connectivity index (χ3n) is 4.78. The lowest BCUT2D eigenvalue weighted by molar-refractivity contribution is 0.102. The Morgan fingerprint density at radius 3 is 2.06 bits per heavy atom. The molecule has 180 valence electrons. The van der Waals surface area contributed by atoms with Crippen LogP contribution in [0.2, 0.25) is 0 Å². The van der Waals surface area contributed by atoms with Crippen molar-refractivity contribution in [2.45, 2.75) is 11.8 Å². The number of anilines is 2. The van der Waals surface area contributed by atoms with Crippen molar-refractivity contribution in [1.82, 2.24) is 0 Å². The smallest absolute Gasteiger partial charge is 0.265 e. The van der Waals surface area contributed by atoms with Gasteiger partial charge in [-0.2, -0.15) is 0 Å². The first-order chi connectivity index (χ1) is 16.3. The first-order valence-electron chi connectivity index (χ1n) is 10.3. The molecule has 0 bridgehead atoms. The molecule has 34 heavy (non-hydrogen) atoms. The van der Waals surface area contributed by atoms with Gasteiger partial charge in [0.15, 0.2) is 11.5 Å². The number of sulfonamides is 1. The molecule has 3 aromatic carbocycles. The summed E-state index contributed by atoms with van der Waals surface area (Å²) in [5, 5.41) is 2.70. The Bertz CT molecular complexity index is 1260. The summed E-state index contributed by atoms with van der Waals surface area (Å²) in [4.78, 5) is 12.7. The summed E-state index contributed by atoms with van der Waals surface area (Å²) in [5.74, 6) is 1.20. The quantitative estimate of drug-likeness (QED) is 0.442. The molecule has 0 aliphatic rings. The minimum Gasteiger partial charge on any atom is -0.497 e. The van der Waals surface area contributed by atoms with Gasteiger partial charge >= 0.3 is 0 Å². The van der Waals surface area contributed by atoms with E-state index in [1.165, 1.54) is 33.5 Å². The maximum absolute atomic E-state index is 13.1. The predicted molar refractivity (Wildman–Crippen MR) is 129 cm³/mol. The van der Waals surface area contributed by atoms with Crippen molar-refractivity contribution in [3.8, 4) is 23.0 Å². The lowest BCUT2D eigenvalue weighted by Crippen LogP contribution is -2.16. The fraction of sp³-hybridized carbons (Fsp3) is 0.208. The van der Waals surface area contributed by atoms with Gasteiger partial charge in [-0.05, 0) is 67.6 Å². The summed E-state index contributed by atoms with van der Waals surface area (Å²) < 4.78 is 49.7. The van der Waals surface area contributed by atoms with Gasteiger partial charge in [0.1, 0.15) is 16.4 Å². The number of carbonyl (C=O) groups excluding carboxylic acids is 1. The molecule has 0 aliphatic heterocycles. The van der Waals surface area contributed by atoms with Gasteiger partial charge in [-0.15, -0.1) is 0 Å². The summed E-state index contributed by atoms with van der Waals surface area (Å²) in [6, 6.07) is 15.6. The van der Waals surface area contributed by atoms with Gasteiger partial charge in [0, 0.05) is 16.9 Å². The van der Waals surface area contributed by atoms with E-state index in [4.69, 9.17) is 18.9 Å². The standard InChI is InChI=1S/C24H26N2O7S/c1-5-33-20-12-6-16(14-22(20)32-4)24(27)25-18-9-13-21(31-3)23(15-18)34(28,29)26-17-7-10-19(30-2)11-8-17/h6-15,26H,5H2,1-4H3,(H,25,27). The van der Waals surface area contributed by atoms with Crippen LogP contribution in [0.15, 0.2) is 65.6 Å². The Balaban J connectivity index is 1.86. The van der Waals surface area contributed by atoms with E-state index in [0.29, 0.717) is 35.1 Å². The first kappa shape index (κ1) is 24.7. The average Bonchev–Trinajstić information content (AvgIpc) is 2.84. The Kier molecular flexibility index (Phi) is 7.85. The zero-order chi connectivity index (χ0) is 24.7. The number of rotatable bonds is 10. The number of nitrogens with one attached hydrogen (secondary N) is 2. The third-order valence-corrected chi connectivity index (χ3v) is 6.18. The van der Waals surface area contributed by atoms with E-state index in [0.717, 1.165) is 0 Å². The van der Waals surface area contributed by atoms with Gasteiger partial charge in [-0.1, -0.05) is 0 Å². The fourth-order valence-corrected chi connectivity index (χ4v) is 4.38. The molecule has 2 N–H and O–H groups in total. The summed E-state index contributed by atoms with van der Waals surface area (Å²) in [6.07, 6.45) is 0. The minimum absolute atomic E-state index is 0.127. The molecular formula is C24H26N2O7S. The van der Waals surface area contributed by atoms with E-state index < -0.39 is 15.9 Å². The van der Waals surface area contributed by atoms with Crippen LogP contribution < -0.4 is 29.0 Å². The maximum Gasteiger partial charge on any atom is 0.265 e. The molecular weight excluding hydrogens is 460 g/mol. The molecule has 0 fully saturated rings. The average molecular weight is 487 g/mol. The number of hydrogen-bond donors (Lipinski definition) is 2. The highest BCUT2D eigenvalue weighted by molar-refractivity contribution is 7.92. The van der Waals surface area contributed by atoms with Gasteiger partial charge < -0.3 is 24.3 Å². The molecule has 0 spiro atoms. The van der Waals surface area contributed by atoms with Crippen LogP contribution in [-0.4, -0.2) is 42.3 Å². The molecule has 10 heteroatoms. The first-order valence-corrected chi connectivity index (χ1v) is 11.8. The number of amides is 1. The Hall–Kier alpha value is -3.92. The lowest BCUT2D eigenvalue weighted by atomic mass is 10.2. The van der Waals surface area contributed by atoms with Crippen LogP contribution in [0.5, 0.6) is 23.0 Å². The van der Waals surface area contributed by atoms with Crippen LogP contribution in [-0.2, 0) is 10.0 Å². The van der Waals surface area contributed by atoms with Crippen LogP contribution in [0.3, 0.4) is 0 Å². The van der Waals surface area contributed by atoms with Crippen LogP contribution in [0, 0.1) is 0 Å². The minimum atomic E-state index is -4.02. The highest BCUT2D eigenvalue weighted by Crippen LogP contribution is 2.31. The SMILES string of the molecule is CCOc1ccc(C(=O)Nc2ccc(OC)c(S(=O)(=O)Nc3ccc(OC)cc3)c2)cc1OC. The van der Waals surface area contributed by atoms with Crippen molar-refractivity contribution in [2.75, 3.05) is 38.0 Å². The van der Waals surface area contributed by atoms with Crippen LogP contribution in [0.25, 0.3) is 0 Å². The predicted octanol–water partition coefficient (Wildman–Crippen LogP) is 4.16. The van der Waals surface area contributed by atoms with Crippen LogP contribution in [0.1, 0.15) is 17.3 Å². The summed E-state index contributed by atoms with van der Waals surface area (Å²) in [6.45, 7) is 2.30. The number of ether oxygens (including phenoxy) is 4. The molecule has 0 aromatic heterocycles.